The van der Waals surface area contributed by atoms with Crippen LogP contribution in [0, 0.1) is 0 Å². The number of rotatable bonds is 1. The molecule has 41 valence electrons. The molecule has 0 aromatic rings. The van der Waals surface area contributed by atoms with Crippen LogP contribution in [0.15, 0.2) is 0 Å². The molecular formula is C5H11N2. The summed E-state index contributed by atoms with van der Waals surface area (Å²) in [5, 5.41) is 4.06. The summed E-state index contributed by atoms with van der Waals surface area (Å²) in [6.45, 7) is 0. The largest absolute Gasteiger partial charge is 0.328 e. The van der Waals surface area contributed by atoms with Crippen molar-refractivity contribution in [1.82, 2.24) is 5.32 Å². The molecule has 2 heteroatoms. The van der Waals surface area contributed by atoms with E-state index in [-0.39, 0.29) is 0 Å². The summed E-state index contributed by atoms with van der Waals surface area (Å²) in [6.07, 6.45) is 2.22. The van der Waals surface area contributed by atoms with Crippen LogP contribution in [0.5, 0.6) is 0 Å². The van der Waals surface area contributed by atoms with Crippen LogP contribution < -0.4 is 11.1 Å². The van der Waals surface area contributed by atoms with Crippen LogP contribution in [0.3, 0.4) is 0 Å². The minimum Gasteiger partial charge on any atom is -0.328 e. The summed E-state index contributed by atoms with van der Waals surface area (Å²) in [4.78, 5) is 0. The van der Waals surface area contributed by atoms with Gasteiger partial charge in [0.2, 0.25) is 0 Å². The highest BCUT2D eigenvalue weighted by Crippen LogP contribution is 2.16. The van der Waals surface area contributed by atoms with Crippen LogP contribution >= 0.6 is 0 Å². The van der Waals surface area contributed by atoms with Gasteiger partial charge in [-0.3, -0.25) is 0 Å². The zero-order valence-corrected chi connectivity index (χ0v) is 4.59. The van der Waals surface area contributed by atoms with Gasteiger partial charge in [0.25, 0.3) is 0 Å². The van der Waals surface area contributed by atoms with Crippen LogP contribution in [0.2, 0.25) is 0 Å². The summed E-state index contributed by atoms with van der Waals surface area (Å²) < 4.78 is 0. The van der Waals surface area contributed by atoms with Crippen molar-refractivity contribution >= 4 is 0 Å². The molecule has 0 bridgehead atoms. The lowest BCUT2D eigenvalue weighted by molar-refractivity contribution is 0.304. The predicted molar refractivity (Wildman–Crippen MR) is 29.1 cm³/mol. The summed E-state index contributed by atoms with van der Waals surface area (Å²) >= 11 is 0. The zero-order valence-electron chi connectivity index (χ0n) is 4.59. The average Bonchev–Trinajstić information content (AvgIpc) is 1.58. The van der Waals surface area contributed by atoms with Gasteiger partial charge in [-0.05, 0) is 12.8 Å². The monoisotopic (exact) mass is 99.1 g/mol. The molecule has 2 N–H and O–H groups in total. The van der Waals surface area contributed by atoms with Crippen molar-refractivity contribution in [1.29, 1.82) is 0 Å². The summed E-state index contributed by atoms with van der Waals surface area (Å²) in [5.74, 6) is 0. The second-order valence-electron chi connectivity index (χ2n) is 2.14. The number of hydrogen-bond donors (Lipinski definition) is 1. The van der Waals surface area contributed by atoms with Crippen molar-refractivity contribution in [3.05, 3.63) is 0 Å². The molecule has 0 aliphatic heterocycles. The number of hydrogen-bond acceptors (Lipinski definition) is 1. The lowest BCUT2D eigenvalue weighted by Crippen LogP contribution is -2.44. The second-order valence-corrected chi connectivity index (χ2v) is 2.14. The van der Waals surface area contributed by atoms with Gasteiger partial charge >= 0.3 is 0 Å². The van der Waals surface area contributed by atoms with Gasteiger partial charge in [-0.15, -0.1) is 0 Å². The van der Waals surface area contributed by atoms with E-state index in [9.17, 15) is 0 Å². The molecule has 0 atom stereocenters. The van der Waals surface area contributed by atoms with Crippen molar-refractivity contribution in [2.24, 2.45) is 5.73 Å². The van der Waals surface area contributed by atoms with Gasteiger partial charge in [0.15, 0.2) is 0 Å². The van der Waals surface area contributed by atoms with Crippen LogP contribution in [0.1, 0.15) is 12.8 Å². The lowest BCUT2D eigenvalue weighted by Gasteiger charge is -2.30. The van der Waals surface area contributed by atoms with Gasteiger partial charge in [0.05, 0.1) is 0 Å². The molecule has 1 radical (unpaired) electrons. The Morgan fingerprint density at radius 2 is 2.14 bits per heavy atom. The van der Waals surface area contributed by atoms with E-state index in [2.05, 4.69) is 5.32 Å². The maximum Gasteiger partial charge on any atom is 0.0272 e. The first-order valence-corrected chi connectivity index (χ1v) is 2.67. The van der Waals surface area contributed by atoms with E-state index in [1.165, 1.54) is 0 Å². The Kier molecular flexibility index (Phi) is 1.30. The highest BCUT2D eigenvalue weighted by Gasteiger charge is 2.24. The minimum absolute atomic E-state index is 0.452. The molecule has 0 aromatic heterocycles. The molecule has 0 amide bonds. The molecule has 1 rings (SSSR count). The third-order valence-corrected chi connectivity index (χ3v) is 1.51. The van der Waals surface area contributed by atoms with Gasteiger partial charge in [0.1, 0.15) is 0 Å². The molecule has 0 saturated heterocycles. The Hall–Kier alpha value is -0.0800. The van der Waals surface area contributed by atoms with Crippen molar-refractivity contribution in [3.8, 4) is 0 Å². The molecule has 0 aromatic carbocycles. The van der Waals surface area contributed by atoms with Crippen molar-refractivity contribution in [3.63, 3.8) is 0 Å². The van der Waals surface area contributed by atoms with Crippen molar-refractivity contribution < 1.29 is 0 Å². The fourth-order valence-corrected chi connectivity index (χ4v) is 0.841. The van der Waals surface area contributed by atoms with E-state index >= 15 is 0 Å². The summed E-state index contributed by atoms with van der Waals surface area (Å²) in [7, 11) is 1.86. The predicted octanol–water partition coefficient (Wildman–Crippen LogP) is -0.290. The van der Waals surface area contributed by atoms with Gasteiger partial charge < -0.3 is 5.73 Å². The second kappa shape index (κ2) is 1.80. The molecule has 0 unspecified atom stereocenters. The average molecular weight is 99.2 g/mol. The van der Waals surface area contributed by atoms with E-state index in [4.69, 9.17) is 5.73 Å². The molecule has 1 aliphatic rings. The molecule has 7 heavy (non-hydrogen) atoms. The van der Waals surface area contributed by atoms with Crippen LogP contribution in [-0.2, 0) is 0 Å². The van der Waals surface area contributed by atoms with E-state index < -0.39 is 0 Å². The van der Waals surface area contributed by atoms with Gasteiger partial charge in [-0.1, -0.05) is 0 Å². The molecule has 1 aliphatic carbocycles. The van der Waals surface area contributed by atoms with Crippen LogP contribution in [0.25, 0.3) is 0 Å². The van der Waals surface area contributed by atoms with Gasteiger partial charge in [-0.2, -0.15) is 0 Å². The van der Waals surface area contributed by atoms with E-state index in [0.717, 1.165) is 12.8 Å². The summed E-state index contributed by atoms with van der Waals surface area (Å²) in [6, 6.07) is 1.05. The fourth-order valence-electron chi connectivity index (χ4n) is 0.841. The molecular weight excluding hydrogens is 88.1 g/mol. The first kappa shape index (κ1) is 5.06. The number of nitrogens with two attached hydrogens (primary N) is 1. The first-order valence-electron chi connectivity index (χ1n) is 2.67. The normalized spacial score (nSPS) is 40.3. The molecule has 1 saturated carbocycles. The summed E-state index contributed by atoms with van der Waals surface area (Å²) in [5.41, 5.74) is 5.48. The van der Waals surface area contributed by atoms with Crippen molar-refractivity contribution in [2.75, 3.05) is 7.05 Å². The van der Waals surface area contributed by atoms with Crippen LogP contribution in [0.4, 0.5) is 0 Å². The molecule has 0 heterocycles. The van der Waals surface area contributed by atoms with Gasteiger partial charge in [-0.25, -0.2) is 5.32 Å². The molecule has 0 spiro atoms. The lowest BCUT2D eigenvalue weighted by atomic mass is 9.88. The smallest absolute Gasteiger partial charge is 0.0272 e. The van der Waals surface area contributed by atoms with E-state index in [1.807, 2.05) is 7.05 Å². The topological polar surface area (TPSA) is 40.1 Å². The molecule has 2 nitrogen and oxygen atoms in total. The maximum absolute atomic E-state index is 5.48. The Labute approximate surface area is 44.1 Å². The standard InChI is InChI=1S/C5H11N2/c1-7-5-2-4(6)3-5/h4-5H,2-3,6H2,1H3. The fraction of sp³-hybridized carbons (Fsp3) is 1.00. The van der Waals surface area contributed by atoms with Crippen LogP contribution in [-0.4, -0.2) is 19.1 Å². The Bertz CT molecular complexity index is 57.1. The quantitative estimate of drug-likeness (QED) is 0.482. The Morgan fingerprint density at radius 3 is 2.29 bits per heavy atom. The third kappa shape index (κ3) is 0.924. The maximum atomic E-state index is 5.48. The highest BCUT2D eigenvalue weighted by atomic mass is 14.9. The first-order chi connectivity index (χ1) is 3.33. The third-order valence-electron chi connectivity index (χ3n) is 1.51. The van der Waals surface area contributed by atoms with E-state index in [1.54, 1.807) is 0 Å². The Balaban J connectivity index is 2.06. The van der Waals surface area contributed by atoms with Crippen molar-refractivity contribution in [2.45, 2.75) is 24.9 Å². The number of nitrogens with zero attached hydrogens (tertiary/aromatic N) is 1. The van der Waals surface area contributed by atoms with E-state index in [0.29, 0.717) is 12.1 Å². The zero-order chi connectivity index (χ0) is 5.28. The van der Waals surface area contributed by atoms with Gasteiger partial charge in [0, 0.05) is 19.1 Å². The minimum atomic E-state index is 0.452. The SMILES string of the molecule is C[N]C1CC(N)C1. The Morgan fingerprint density at radius 1 is 1.57 bits per heavy atom. The molecule has 1 fully saturated rings. The highest BCUT2D eigenvalue weighted by molar-refractivity contribution is 4.85.